The lowest BCUT2D eigenvalue weighted by Gasteiger charge is -2.29. The van der Waals surface area contributed by atoms with Crippen LogP contribution in [0.5, 0.6) is 11.5 Å². The number of methoxy groups -OCH3 is 2. The van der Waals surface area contributed by atoms with Gasteiger partial charge in [0.1, 0.15) is 0 Å². The van der Waals surface area contributed by atoms with Gasteiger partial charge < -0.3 is 25.2 Å². The summed E-state index contributed by atoms with van der Waals surface area (Å²) < 4.78 is 36.7. The van der Waals surface area contributed by atoms with Crippen LogP contribution in [0, 0.1) is 0 Å². The maximum Gasteiger partial charge on any atom is 0.338 e. The molecule has 2 aliphatic rings. The minimum Gasteiger partial charge on any atom is -0.504 e. The largest absolute Gasteiger partial charge is 0.504 e. The van der Waals surface area contributed by atoms with Crippen molar-refractivity contribution in [2.24, 2.45) is 0 Å². The number of benzene rings is 2. The summed E-state index contributed by atoms with van der Waals surface area (Å²) in [5.41, 5.74) is 2.46. The van der Waals surface area contributed by atoms with Gasteiger partial charge in [0.15, 0.2) is 21.3 Å². The quantitative estimate of drug-likeness (QED) is 0.535. The summed E-state index contributed by atoms with van der Waals surface area (Å²) in [5.74, 6) is -1.36. The van der Waals surface area contributed by atoms with Crippen molar-refractivity contribution >= 4 is 21.8 Å². The Morgan fingerprint density at radius 1 is 1.09 bits per heavy atom. The number of aromatic hydroxyl groups is 1. The highest BCUT2D eigenvalue weighted by molar-refractivity contribution is 7.91. The van der Waals surface area contributed by atoms with Crippen LogP contribution in [-0.4, -0.2) is 45.5 Å². The molecule has 0 radical (unpaired) electrons. The summed E-state index contributed by atoms with van der Waals surface area (Å²) in [6.07, 6.45) is 3.83. The summed E-state index contributed by atoms with van der Waals surface area (Å²) in [5, 5.41) is 15.0. The molecule has 0 spiro atoms. The number of nitrogens with one attached hydrogen (secondary N) is 2. The molecule has 9 nitrogen and oxygen atoms in total. The summed E-state index contributed by atoms with van der Waals surface area (Å²) in [6, 6.07) is 7.75. The van der Waals surface area contributed by atoms with Gasteiger partial charge in [0.2, 0.25) is 0 Å². The van der Waals surface area contributed by atoms with E-state index in [2.05, 4.69) is 10.6 Å². The molecule has 3 N–H and O–H groups in total. The van der Waals surface area contributed by atoms with Gasteiger partial charge in [-0.3, -0.25) is 0 Å². The maximum atomic E-state index is 13.3. The zero-order valence-electron chi connectivity index (χ0n) is 18.9. The fourth-order valence-electron chi connectivity index (χ4n) is 4.38. The van der Waals surface area contributed by atoms with E-state index in [4.69, 9.17) is 9.47 Å². The zero-order valence-corrected chi connectivity index (χ0v) is 19.7. The Labute approximate surface area is 197 Å². The first-order chi connectivity index (χ1) is 16.2. The van der Waals surface area contributed by atoms with Crippen LogP contribution in [-0.2, 0) is 32.2 Å². The van der Waals surface area contributed by atoms with Gasteiger partial charge in [0, 0.05) is 5.70 Å². The molecule has 2 aromatic carbocycles. The normalized spacial score (nSPS) is 17.9. The predicted octanol–water partition coefficient (Wildman–Crippen LogP) is 2.53. The Morgan fingerprint density at radius 2 is 1.82 bits per heavy atom. The number of amides is 2. The summed E-state index contributed by atoms with van der Waals surface area (Å²) in [6.45, 7) is 0. The number of aryl methyl sites for hydroxylation is 2. The predicted molar refractivity (Wildman–Crippen MR) is 123 cm³/mol. The molecule has 34 heavy (non-hydrogen) atoms. The Morgan fingerprint density at radius 3 is 2.53 bits per heavy atom. The van der Waals surface area contributed by atoms with Crippen molar-refractivity contribution in [2.45, 2.75) is 36.6 Å². The van der Waals surface area contributed by atoms with E-state index in [9.17, 15) is 23.1 Å². The molecule has 1 atom stereocenters. The SMILES string of the molecule is COC(=O)C1=C(CS(=O)(=O)c2ccc3c(c2)CCCC3)NC(=O)N[C@@H]1c1ccc(O)c(OC)c1. The van der Waals surface area contributed by atoms with Crippen LogP contribution in [0.1, 0.15) is 35.6 Å². The fourth-order valence-corrected chi connectivity index (χ4v) is 5.75. The van der Waals surface area contributed by atoms with Crippen LogP contribution < -0.4 is 15.4 Å². The second kappa shape index (κ2) is 9.38. The number of phenolic OH excluding ortho intramolecular Hbond substituents is 1. The molecule has 0 aromatic heterocycles. The molecule has 1 heterocycles. The third-order valence-electron chi connectivity index (χ3n) is 6.11. The summed E-state index contributed by atoms with van der Waals surface area (Å²) in [4.78, 5) is 25.4. The highest BCUT2D eigenvalue weighted by Gasteiger charge is 2.36. The van der Waals surface area contributed by atoms with Gasteiger partial charge >= 0.3 is 12.0 Å². The minimum absolute atomic E-state index is 0.0450. The lowest BCUT2D eigenvalue weighted by Crippen LogP contribution is -2.47. The van der Waals surface area contributed by atoms with E-state index >= 15 is 0 Å². The number of hydrogen-bond donors (Lipinski definition) is 3. The van der Waals surface area contributed by atoms with Crippen molar-refractivity contribution in [2.75, 3.05) is 20.0 Å². The first-order valence-corrected chi connectivity index (χ1v) is 12.5. The average molecular weight is 487 g/mol. The summed E-state index contributed by atoms with van der Waals surface area (Å²) >= 11 is 0. The molecule has 1 aliphatic heterocycles. The zero-order chi connectivity index (χ0) is 24.5. The average Bonchev–Trinajstić information content (AvgIpc) is 2.83. The van der Waals surface area contributed by atoms with Gasteiger partial charge in [-0.2, -0.15) is 0 Å². The van der Waals surface area contributed by atoms with Crippen LogP contribution in [0.4, 0.5) is 4.79 Å². The third-order valence-corrected chi connectivity index (χ3v) is 7.75. The molecule has 4 rings (SSSR count). The number of rotatable bonds is 6. The number of ether oxygens (including phenoxy) is 2. The second-order valence-electron chi connectivity index (χ2n) is 8.24. The number of fused-ring (bicyclic) bond motifs is 1. The van der Waals surface area contributed by atoms with Crippen LogP contribution in [0.15, 0.2) is 52.6 Å². The Balaban J connectivity index is 1.77. The monoisotopic (exact) mass is 486 g/mol. The van der Waals surface area contributed by atoms with Gasteiger partial charge in [-0.1, -0.05) is 12.1 Å². The minimum atomic E-state index is -3.89. The number of urea groups is 1. The number of sulfone groups is 1. The first kappa shape index (κ1) is 23.6. The van der Waals surface area contributed by atoms with E-state index in [0.29, 0.717) is 5.56 Å². The van der Waals surface area contributed by atoms with E-state index < -0.39 is 33.6 Å². The third kappa shape index (κ3) is 4.58. The highest BCUT2D eigenvalue weighted by atomic mass is 32.2. The van der Waals surface area contributed by atoms with E-state index in [1.807, 2.05) is 6.07 Å². The standard InChI is InChI=1S/C24H26N2O7S/c1-32-20-12-16(8-10-19(20)27)22-21(23(28)33-2)18(25-24(29)26-22)13-34(30,31)17-9-7-14-5-3-4-6-15(14)11-17/h7-12,22,27H,3-6,13H2,1-2H3,(H2,25,26,29)/t22-/m1/s1. The molecule has 0 saturated heterocycles. The molecule has 10 heteroatoms. The van der Waals surface area contributed by atoms with Crippen molar-refractivity contribution < 1.29 is 32.6 Å². The van der Waals surface area contributed by atoms with Crippen LogP contribution in [0.2, 0.25) is 0 Å². The molecule has 2 aromatic rings. The molecule has 0 saturated carbocycles. The highest BCUT2D eigenvalue weighted by Crippen LogP contribution is 2.34. The van der Waals surface area contributed by atoms with Crippen molar-refractivity contribution in [1.82, 2.24) is 10.6 Å². The molecular weight excluding hydrogens is 460 g/mol. The van der Waals surface area contributed by atoms with E-state index in [0.717, 1.165) is 36.8 Å². The molecule has 180 valence electrons. The van der Waals surface area contributed by atoms with Gasteiger partial charge in [-0.25, -0.2) is 18.0 Å². The van der Waals surface area contributed by atoms with Crippen molar-refractivity contribution in [3.8, 4) is 11.5 Å². The van der Waals surface area contributed by atoms with Crippen LogP contribution in [0.3, 0.4) is 0 Å². The second-order valence-corrected chi connectivity index (χ2v) is 10.2. The number of carbonyl (C=O) groups excluding carboxylic acids is 2. The molecular formula is C24H26N2O7S. The van der Waals surface area contributed by atoms with Gasteiger partial charge in [0.05, 0.1) is 36.5 Å². The van der Waals surface area contributed by atoms with Crippen molar-refractivity contribution in [3.05, 3.63) is 64.4 Å². The Bertz CT molecular complexity index is 1280. The van der Waals surface area contributed by atoms with Gasteiger partial charge in [0.25, 0.3) is 0 Å². The van der Waals surface area contributed by atoms with Gasteiger partial charge in [-0.05, 0) is 66.6 Å². The Hall–Kier alpha value is -3.53. The number of esters is 1. The van der Waals surface area contributed by atoms with Crippen molar-refractivity contribution in [1.29, 1.82) is 0 Å². The lowest BCUT2D eigenvalue weighted by molar-refractivity contribution is -0.136. The number of phenols is 1. The molecule has 0 unspecified atom stereocenters. The van der Waals surface area contributed by atoms with Crippen molar-refractivity contribution in [3.63, 3.8) is 0 Å². The van der Waals surface area contributed by atoms with E-state index in [-0.39, 0.29) is 27.7 Å². The van der Waals surface area contributed by atoms with E-state index in [1.54, 1.807) is 12.1 Å². The molecule has 1 aliphatic carbocycles. The molecule has 2 amide bonds. The number of hydrogen-bond acceptors (Lipinski definition) is 7. The smallest absolute Gasteiger partial charge is 0.338 e. The first-order valence-electron chi connectivity index (χ1n) is 10.8. The Kier molecular flexibility index (Phi) is 6.52. The van der Waals surface area contributed by atoms with Gasteiger partial charge in [-0.15, -0.1) is 0 Å². The molecule has 0 bridgehead atoms. The van der Waals surface area contributed by atoms with Crippen LogP contribution in [0.25, 0.3) is 0 Å². The fraction of sp³-hybridized carbons (Fsp3) is 0.333. The lowest BCUT2D eigenvalue weighted by atomic mass is 9.92. The van der Waals surface area contributed by atoms with Crippen LogP contribution >= 0.6 is 0 Å². The van der Waals surface area contributed by atoms with E-state index in [1.165, 1.54) is 32.4 Å². The maximum absolute atomic E-state index is 13.3. The molecule has 0 fully saturated rings. The number of carbonyl (C=O) groups is 2. The summed E-state index contributed by atoms with van der Waals surface area (Å²) in [7, 11) is -1.34. The topological polar surface area (TPSA) is 131 Å².